The van der Waals surface area contributed by atoms with Gasteiger partial charge in [-0.3, -0.25) is 0 Å². The van der Waals surface area contributed by atoms with Crippen LogP contribution >= 0.6 is 0 Å². The van der Waals surface area contributed by atoms with E-state index in [-0.39, 0.29) is 0 Å². The molecule has 0 saturated carbocycles. The minimum atomic E-state index is -1.11. The van der Waals surface area contributed by atoms with Crippen molar-refractivity contribution < 1.29 is 10.2 Å². The van der Waals surface area contributed by atoms with E-state index in [1.165, 1.54) is 0 Å². The number of nitrogens with two attached hydrogens (primary N) is 1. The fourth-order valence-electron chi connectivity index (χ4n) is 0.200. The molecule has 0 aromatic carbocycles. The van der Waals surface area contributed by atoms with E-state index in [0.717, 1.165) is 0 Å². The van der Waals surface area contributed by atoms with Gasteiger partial charge in [0.1, 0.15) is 12.1 Å². The van der Waals surface area contributed by atoms with Crippen LogP contribution in [0.2, 0.25) is 0 Å². The highest BCUT2D eigenvalue weighted by molar-refractivity contribution is 4.91. The van der Waals surface area contributed by atoms with Gasteiger partial charge in [-0.1, -0.05) is 0 Å². The first-order valence-electron chi connectivity index (χ1n) is 2.16. The van der Waals surface area contributed by atoms with Crippen molar-refractivity contribution in [2.24, 2.45) is 5.73 Å². The SMILES string of the molecule is N#CC(N)C(O)CO. The summed E-state index contributed by atoms with van der Waals surface area (Å²) in [6.07, 6.45) is -1.11. The van der Waals surface area contributed by atoms with E-state index < -0.39 is 18.8 Å². The summed E-state index contributed by atoms with van der Waals surface area (Å²) in [5.41, 5.74) is 4.96. The number of rotatable bonds is 2. The molecule has 0 aliphatic heterocycles. The molecule has 4 heteroatoms. The highest BCUT2D eigenvalue weighted by Crippen LogP contribution is 1.84. The quantitative estimate of drug-likeness (QED) is 0.396. The van der Waals surface area contributed by atoms with Crippen LogP contribution in [0.3, 0.4) is 0 Å². The van der Waals surface area contributed by atoms with Gasteiger partial charge in [-0.25, -0.2) is 0 Å². The van der Waals surface area contributed by atoms with Gasteiger partial charge in [-0.15, -0.1) is 0 Å². The van der Waals surface area contributed by atoms with Gasteiger partial charge >= 0.3 is 0 Å². The molecule has 0 fully saturated rings. The molecular weight excluding hydrogens is 108 g/mol. The fraction of sp³-hybridized carbons (Fsp3) is 0.750. The zero-order chi connectivity index (χ0) is 6.57. The molecule has 46 valence electrons. The molecule has 0 saturated heterocycles. The summed E-state index contributed by atoms with van der Waals surface area (Å²) in [4.78, 5) is 0. The molecule has 2 atom stereocenters. The Bertz CT molecular complexity index is 98.7. The Morgan fingerprint density at radius 3 is 2.38 bits per heavy atom. The Kier molecular flexibility index (Phi) is 3.12. The summed E-state index contributed by atoms with van der Waals surface area (Å²) >= 11 is 0. The maximum atomic E-state index is 8.53. The first-order valence-corrected chi connectivity index (χ1v) is 2.16. The lowest BCUT2D eigenvalue weighted by molar-refractivity contribution is 0.0871. The predicted octanol–water partition coefficient (Wildman–Crippen LogP) is -1.81. The summed E-state index contributed by atoms with van der Waals surface area (Å²) in [7, 11) is 0. The largest absolute Gasteiger partial charge is 0.394 e. The standard InChI is InChI=1S/C4H8N2O2/c5-1-3(6)4(8)2-7/h3-4,7-8H,2,6H2. The second-order valence-corrected chi connectivity index (χ2v) is 1.40. The summed E-state index contributed by atoms with van der Waals surface area (Å²) in [5, 5.41) is 24.7. The van der Waals surface area contributed by atoms with Crippen LogP contribution in [0.15, 0.2) is 0 Å². The molecule has 0 radical (unpaired) electrons. The molecule has 0 rings (SSSR count). The van der Waals surface area contributed by atoms with Gasteiger partial charge in [-0.05, 0) is 0 Å². The molecule has 0 aliphatic carbocycles. The number of nitrogens with zero attached hydrogens (tertiary/aromatic N) is 1. The van der Waals surface area contributed by atoms with Gasteiger partial charge in [0, 0.05) is 0 Å². The molecule has 0 aliphatic rings. The minimum absolute atomic E-state index is 0.464. The van der Waals surface area contributed by atoms with Crippen molar-refractivity contribution in [3.8, 4) is 6.07 Å². The normalized spacial score (nSPS) is 16.8. The molecular formula is C4H8N2O2. The van der Waals surface area contributed by atoms with Gasteiger partial charge in [0.15, 0.2) is 0 Å². The number of hydrogen-bond donors (Lipinski definition) is 3. The zero-order valence-corrected chi connectivity index (χ0v) is 4.28. The van der Waals surface area contributed by atoms with Crippen LogP contribution < -0.4 is 5.73 Å². The van der Waals surface area contributed by atoms with E-state index in [9.17, 15) is 0 Å². The number of aliphatic hydroxyl groups excluding tert-OH is 2. The molecule has 2 unspecified atom stereocenters. The highest BCUT2D eigenvalue weighted by atomic mass is 16.3. The highest BCUT2D eigenvalue weighted by Gasteiger charge is 2.10. The molecule has 0 heterocycles. The average molecular weight is 116 g/mol. The van der Waals surface area contributed by atoms with E-state index >= 15 is 0 Å². The van der Waals surface area contributed by atoms with Gasteiger partial charge in [0.2, 0.25) is 0 Å². The number of aliphatic hydroxyl groups is 2. The van der Waals surface area contributed by atoms with E-state index in [4.69, 9.17) is 21.2 Å². The van der Waals surface area contributed by atoms with Crippen LogP contribution in [-0.2, 0) is 0 Å². The predicted molar refractivity (Wildman–Crippen MR) is 26.7 cm³/mol. The van der Waals surface area contributed by atoms with Gasteiger partial charge in [0.05, 0.1) is 12.7 Å². The molecule has 0 bridgehead atoms. The molecule has 0 amide bonds. The lowest BCUT2D eigenvalue weighted by Crippen LogP contribution is -2.35. The van der Waals surface area contributed by atoms with Gasteiger partial charge in [0.25, 0.3) is 0 Å². The van der Waals surface area contributed by atoms with Crippen LogP contribution in [0.5, 0.6) is 0 Å². The summed E-state index contributed by atoms with van der Waals surface area (Å²) in [5.74, 6) is 0. The zero-order valence-electron chi connectivity index (χ0n) is 4.28. The third-order valence-corrected chi connectivity index (χ3v) is 0.751. The van der Waals surface area contributed by atoms with E-state index in [1.54, 1.807) is 6.07 Å². The Morgan fingerprint density at radius 2 is 2.25 bits per heavy atom. The Morgan fingerprint density at radius 1 is 1.75 bits per heavy atom. The van der Waals surface area contributed by atoms with Crippen molar-refractivity contribution in [2.45, 2.75) is 12.1 Å². The van der Waals surface area contributed by atoms with Crippen molar-refractivity contribution in [2.75, 3.05) is 6.61 Å². The van der Waals surface area contributed by atoms with Crippen LogP contribution in [0.4, 0.5) is 0 Å². The Hall–Kier alpha value is -0.630. The van der Waals surface area contributed by atoms with Crippen molar-refractivity contribution >= 4 is 0 Å². The first kappa shape index (κ1) is 7.37. The van der Waals surface area contributed by atoms with Gasteiger partial charge < -0.3 is 15.9 Å². The van der Waals surface area contributed by atoms with Gasteiger partial charge in [-0.2, -0.15) is 5.26 Å². The monoisotopic (exact) mass is 116 g/mol. The first-order chi connectivity index (χ1) is 3.72. The van der Waals surface area contributed by atoms with Crippen LogP contribution in [0, 0.1) is 11.3 Å². The van der Waals surface area contributed by atoms with Crippen LogP contribution in [-0.4, -0.2) is 29.0 Å². The third-order valence-electron chi connectivity index (χ3n) is 0.751. The van der Waals surface area contributed by atoms with E-state index in [1.807, 2.05) is 0 Å². The maximum absolute atomic E-state index is 8.53. The number of hydrogen-bond acceptors (Lipinski definition) is 4. The molecule has 0 aromatic rings. The van der Waals surface area contributed by atoms with Crippen molar-refractivity contribution in [1.29, 1.82) is 5.26 Å². The molecule has 8 heavy (non-hydrogen) atoms. The summed E-state index contributed by atoms with van der Waals surface area (Å²) in [6, 6.07) is 0.611. The summed E-state index contributed by atoms with van der Waals surface area (Å²) < 4.78 is 0. The Labute approximate surface area is 47.2 Å². The molecule has 0 aromatic heterocycles. The molecule has 0 spiro atoms. The fourth-order valence-corrected chi connectivity index (χ4v) is 0.200. The number of nitriles is 1. The average Bonchev–Trinajstić information content (AvgIpc) is 1.84. The second-order valence-electron chi connectivity index (χ2n) is 1.40. The van der Waals surface area contributed by atoms with E-state index in [0.29, 0.717) is 0 Å². The smallest absolute Gasteiger partial charge is 0.121 e. The van der Waals surface area contributed by atoms with Crippen LogP contribution in [0.1, 0.15) is 0 Å². The lowest BCUT2D eigenvalue weighted by atomic mass is 10.2. The lowest BCUT2D eigenvalue weighted by Gasteiger charge is -2.06. The Balaban J connectivity index is 3.49. The van der Waals surface area contributed by atoms with Crippen molar-refractivity contribution in [1.82, 2.24) is 0 Å². The molecule has 4 N–H and O–H groups in total. The molecule has 4 nitrogen and oxygen atoms in total. The maximum Gasteiger partial charge on any atom is 0.121 e. The topological polar surface area (TPSA) is 90.3 Å². The van der Waals surface area contributed by atoms with Crippen LogP contribution in [0.25, 0.3) is 0 Å². The van der Waals surface area contributed by atoms with Crippen molar-refractivity contribution in [3.05, 3.63) is 0 Å². The van der Waals surface area contributed by atoms with Crippen molar-refractivity contribution in [3.63, 3.8) is 0 Å². The summed E-state index contributed by atoms with van der Waals surface area (Å²) in [6.45, 7) is -0.464. The third kappa shape index (κ3) is 1.89. The minimum Gasteiger partial charge on any atom is -0.394 e. The second kappa shape index (κ2) is 3.38. The van der Waals surface area contributed by atoms with E-state index in [2.05, 4.69) is 0 Å².